The Morgan fingerprint density at radius 3 is 2.84 bits per heavy atom. The van der Waals surface area contributed by atoms with E-state index in [1.165, 1.54) is 12.8 Å². The highest BCUT2D eigenvalue weighted by atomic mass is 16.5. The number of pyridine rings is 1. The number of carbonyl (C=O) groups excluding carboxylic acids is 1. The molecule has 25 heavy (non-hydrogen) atoms. The number of rotatable bonds is 3. The Hall–Kier alpha value is -1.66. The number of ether oxygens (including phenoxy) is 2. The lowest BCUT2D eigenvalue weighted by molar-refractivity contribution is -0.136. The minimum absolute atomic E-state index is 0.0485. The molecule has 6 heteroatoms. The van der Waals surface area contributed by atoms with Crippen LogP contribution in [0.5, 0.6) is 0 Å². The fourth-order valence-electron chi connectivity index (χ4n) is 4.44. The fourth-order valence-corrected chi connectivity index (χ4v) is 4.44. The van der Waals surface area contributed by atoms with Gasteiger partial charge in [0.05, 0.1) is 5.60 Å². The zero-order chi connectivity index (χ0) is 17.3. The van der Waals surface area contributed by atoms with Gasteiger partial charge in [-0.05, 0) is 44.2 Å². The van der Waals surface area contributed by atoms with Gasteiger partial charge in [-0.2, -0.15) is 0 Å². The standard InChI is InChI=1S/C19H27N3O3/c1-24-16-14-22(11-7-19(16)6-4-12-25-19)18(23)15-5-8-20-17(13-15)21-9-2-3-10-21/h5,8,13,16H,2-4,6-7,9-12,14H2,1H3/t16-,19-/m0/s1. The summed E-state index contributed by atoms with van der Waals surface area (Å²) in [5.74, 6) is 0.983. The number of amides is 1. The molecule has 136 valence electrons. The molecule has 4 heterocycles. The van der Waals surface area contributed by atoms with Crippen LogP contribution in [0.15, 0.2) is 18.3 Å². The molecule has 3 saturated heterocycles. The van der Waals surface area contributed by atoms with E-state index in [1.54, 1.807) is 13.3 Å². The quantitative estimate of drug-likeness (QED) is 0.840. The van der Waals surface area contributed by atoms with Crippen molar-refractivity contribution in [1.82, 2.24) is 9.88 Å². The molecule has 4 rings (SSSR count). The summed E-state index contributed by atoms with van der Waals surface area (Å²) in [6.45, 7) is 4.17. The minimum Gasteiger partial charge on any atom is -0.377 e. The lowest BCUT2D eigenvalue weighted by Gasteiger charge is -2.44. The second-order valence-electron chi connectivity index (χ2n) is 7.34. The summed E-state index contributed by atoms with van der Waals surface area (Å²) in [4.78, 5) is 21.6. The maximum Gasteiger partial charge on any atom is 0.254 e. The number of likely N-dealkylation sites (tertiary alicyclic amines) is 1. The monoisotopic (exact) mass is 345 g/mol. The highest BCUT2D eigenvalue weighted by molar-refractivity contribution is 5.95. The number of carbonyl (C=O) groups is 1. The van der Waals surface area contributed by atoms with Crippen molar-refractivity contribution in [2.24, 2.45) is 0 Å². The van der Waals surface area contributed by atoms with Crippen LogP contribution in [0.25, 0.3) is 0 Å². The first kappa shape index (κ1) is 16.8. The average Bonchev–Trinajstić information content (AvgIpc) is 3.34. The summed E-state index contributed by atoms with van der Waals surface area (Å²) in [5, 5.41) is 0. The average molecular weight is 345 g/mol. The zero-order valence-electron chi connectivity index (χ0n) is 14.9. The van der Waals surface area contributed by atoms with E-state index < -0.39 is 0 Å². The molecular formula is C19H27N3O3. The summed E-state index contributed by atoms with van der Waals surface area (Å²) in [6.07, 6.45) is 7.06. The van der Waals surface area contributed by atoms with Crippen molar-refractivity contribution >= 4 is 11.7 Å². The van der Waals surface area contributed by atoms with Gasteiger partial charge in [0.15, 0.2) is 0 Å². The van der Waals surface area contributed by atoms with Gasteiger partial charge in [-0.1, -0.05) is 0 Å². The van der Waals surface area contributed by atoms with Gasteiger partial charge in [-0.3, -0.25) is 4.79 Å². The SMILES string of the molecule is CO[C@H]1CN(C(=O)c2ccnc(N3CCCC3)c2)CC[C@@]12CCCO2. The van der Waals surface area contributed by atoms with E-state index in [0.717, 1.165) is 56.9 Å². The van der Waals surface area contributed by atoms with Crippen LogP contribution in [0.2, 0.25) is 0 Å². The van der Waals surface area contributed by atoms with E-state index >= 15 is 0 Å². The molecule has 3 fully saturated rings. The predicted octanol–water partition coefficient (Wildman–Crippen LogP) is 2.09. The van der Waals surface area contributed by atoms with E-state index in [-0.39, 0.29) is 17.6 Å². The van der Waals surface area contributed by atoms with Crippen molar-refractivity contribution in [3.8, 4) is 0 Å². The Bertz CT molecular complexity index is 624. The first-order valence-corrected chi connectivity index (χ1v) is 9.39. The van der Waals surface area contributed by atoms with Crippen LogP contribution in [0.1, 0.15) is 42.5 Å². The van der Waals surface area contributed by atoms with Crippen LogP contribution in [0, 0.1) is 0 Å². The molecule has 1 amide bonds. The number of hydrogen-bond acceptors (Lipinski definition) is 5. The summed E-state index contributed by atoms with van der Waals surface area (Å²) in [5.41, 5.74) is 0.528. The molecule has 3 aliphatic heterocycles. The Kier molecular flexibility index (Phi) is 4.65. The lowest BCUT2D eigenvalue weighted by atomic mass is 9.85. The highest BCUT2D eigenvalue weighted by Gasteiger charge is 2.47. The van der Waals surface area contributed by atoms with E-state index in [1.807, 2.05) is 17.0 Å². The number of aromatic nitrogens is 1. The van der Waals surface area contributed by atoms with Crippen LogP contribution in [-0.2, 0) is 9.47 Å². The third kappa shape index (κ3) is 3.13. The lowest BCUT2D eigenvalue weighted by Crippen LogP contribution is -2.57. The second kappa shape index (κ2) is 6.92. The molecule has 2 atom stereocenters. The number of nitrogens with zero attached hydrogens (tertiary/aromatic N) is 3. The molecule has 3 aliphatic rings. The Labute approximate surface area is 149 Å². The number of anilines is 1. The van der Waals surface area contributed by atoms with Crippen LogP contribution < -0.4 is 4.90 Å². The van der Waals surface area contributed by atoms with Gasteiger partial charge in [-0.15, -0.1) is 0 Å². The van der Waals surface area contributed by atoms with Gasteiger partial charge in [0.1, 0.15) is 11.9 Å². The molecule has 6 nitrogen and oxygen atoms in total. The van der Waals surface area contributed by atoms with Crippen molar-refractivity contribution in [3.63, 3.8) is 0 Å². The van der Waals surface area contributed by atoms with Gasteiger partial charge in [0.2, 0.25) is 0 Å². The van der Waals surface area contributed by atoms with Crippen LogP contribution in [0.4, 0.5) is 5.82 Å². The fraction of sp³-hybridized carbons (Fsp3) is 0.684. The van der Waals surface area contributed by atoms with Crippen LogP contribution in [-0.4, -0.2) is 67.4 Å². The topological polar surface area (TPSA) is 54.9 Å². The van der Waals surface area contributed by atoms with Crippen molar-refractivity contribution in [2.75, 3.05) is 44.8 Å². The Morgan fingerprint density at radius 2 is 2.12 bits per heavy atom. The summed E-state index contributed by atoms with van der Waals surface area (Å²) in [7, 11) is 1.72. The van der Waals surface area contributed by atoms with Crippen molar-refractivity contribution in [1.29, 1.82) is 0 Å². The summed E-state index contributed by atoms with van der Waals surface area (Å²) in [6, 6.07) is 3.76. The smallest absolute Gasteiger partial charge is 0.254 e. The maximum atomic E-state index is 13.0. The largest absolute Gasteiger partial charge is 0.377 e. The van der Waals surface area contributed by atoms with Crippen molar-refractivity contribution < 1.29 is 14.3 Å². The third-order valence-electron chi connectivity index (χ3n) is 5.91. The van der Waals surface area contributed by atoms with E-state index in [4.69, 9.17) is 9.47 Å². The highest BCUT2D eigenvalue weighted by Crippen LogP contribution is 2.37. The summed E-state index contributed by atoms with van der Waals surface area (Å²) >= 11 is 0. The Balaban J connectivity index is 1.48. The molecule has 0 radical (unpaired) electrons. The first-order chi connectivity index (χ1) is 12.2. The van der Waals surface area contributed by atoms with Crippen LogP contribution in [0.3, 0.4) is 0 Å². The van der Waals surface area contributed by atoms with Gasteiger partial charge in [-0.25, -0.2) is 4.98 Å². The third-order valence-corrected chi connectivity index (χ3v) is 5.91. The van der Waals surface area contributed by atoms with Gasteiger partial charge in [0.25, 0.3) is 5.91 Å². The molecule has 1 aromatic heterocycles. The summed E-state index contributed by atoms with van der Waals surface area (Å²) < 4.78 is 11.7. The Morgan fingerprint density at radius 1 is 1.28 bits per heavy atom. The second-order valence-corrected chi connectivity index (χ2v) is 7.34. The zero-order valence-corrected chi connectivity index (χ0v) is 14.9. The number of hydrogen-bond donors (Lipinski definition) is 0. The van der Waals surface area contributed by atoms with Crippen LogP contribution >= 0.6 is 0 Å². The maximum absolute atomic E-state index is 13.0. The van der Waals surface area contributed by atoms with Gasteiger partial charge < -0.3 is 19.3 Å². The molecule has 1 aromatic rings. The van der Waals surface area contributed by atoms with E-state index in [0.29, 0.717) is 6.54 Å². The number of methoxy groups -OCH3 is 1. The van der Waals surface area contributed by atoms with Gasteiger partial charge >= 0.3 is 0 Å². The van der Waals surface area contributed by atoms with Crippen molar-refractivity contribution in [2.45, 2.75) is 43.8 Å². The van der Waals surface area contributed by atoms with Crippen molar-refractivity contribution in [3.05, 3.63) is 23.9 Å². The molecule has 0 N–H and O–H groups in total. The van der Waals surface area contributed by atoms with E-state index in [9.17, 15) is 4.79 Å². The molecule has 0 saturated carbocycles. The molecular weight excluding hydrogens is 318 g/mol. The molecule has 0 aliphatic carbocycles. The normalized spacial score (nSPS) is 29.6. The number of piperidine rings is 1. The molecule has 0 unspecified atom stereocenters. The predicted molar refractivity (Wildman–Crippen MR) is 94.9 cm³/mol. The van der Waals surface area contributed by atoms with E-state index in [2.05, 4.69) is 9.88 Å². The minimum atomic E-state index is -0.190. The molecule has 1 spiro atoms. The molecule has 0 aromatic carbocycles. The van der Waals surface area contributed by atoms with Gasteiger partial charge in [0, 0.05) is 51.7 Å². The first-order valence-electron chi connectivity index (χ1n) is 9.39. The molecule has 0 bridgehead atoms.